The van der Waals surface area contributed by atoms with Crippen molar-refractivity contribution in [3.05, 3.63) is 71.4 Å². The summed E-state index contributed by atoms with van der Waals surface area (Å²) in [7, 11) is 0. The van der Waals surface area contributed by atoms with Gasteiger partial charge in [-0.2, -0.15) is 0 Å². The maximum absolute atomic E-state index is 11.9. The highest BCUT2D eigenvalue weighted by Crippen LogP contribution is 2.19. The van der Waals surface area contributed by atoms with Crippen molar-refractivity contribution < 1.29 is 9.53 Å². The van der Waals surface area contributed by atoms with Crippen LogP contribution in [0.25, 0.3) is 10.9 Å². The monoisotopic (exact) mass is 293 g/mol. The number of aryl methyl sites for hydroxylation is 2. The van der Waals surface area contributed by atoms with Gasteiger partial charge >= 0.3 is 5.97 Å². The first-order chi connectivity index (χ1) is 10.7. The van der Waals surface area contributed by atoms with Crippen LogP contribution in [0.4, 0.5) is 0 Å². The standard InChI is InChI=1S/C19H19NO2/c1-14-5-4-6-15(11-14)13-22-19(21)10-9-16-12-20-18-8-3-2-7-17(16)18/h2-8,11-12,20H,9-10,13H2,1H3. The van der Waals surface area contributed by atoms with E-state index in [9.17, 15) is 4.79 Å². The summed E-state index contributed by atoms with van der Waals surface area (Å²) in [6, 6.07) is 16.1. The molecule has 3 rings (SSSR count). The van der Waals surface area contributed by atoms with E-state index in [1.165, 1.54) is 10.9 Å². The lowest BCUT2D eigenvalue weighted by molar-refractivity contribution is -0.144. The zero-order chi connectivity index (χ0) is 15.4. The smallest absolute Gasteiger partial charge is 0.306 e. The number of hydrogen-bond donors (Lipinski definition) is 1. The summed E-state index contributed by atoms with van der Waals surface area (Å²) in [6.45, 7) is 2.37. The molecule has 3 heteroatoms. The van der Waals surface area contributed by atoms with E-state index in [1.807, 2.05) is 55.6 Å². The van der Waals surface area contributed by atoms with Crippen molar-refractivity contribution in [1.82, 2.24) is 4.98 Å². The van der Waals surface area contributed by atoms with Gasteiger partial charge in [0.1, 0.15) is 6.61 Å². The number of aromatic amines is 1. The molecule has 0 aliphatic rings. The average Bonchev–Trinajstić information content (AvgIpc) is 2.94. The Morgan fingerprint density at radius 3 is 2.86 bits per heavy atom. The Labute approximate surface area is 129 Å². The lowest BCUT2D eigenvalue weighted by atomic mass is 10.1. The first kappa shape index (κ1) is 14.4. The molecule has 3 aromatic rings. The van der Waals surface area contributed by atoms with Crippen molar-refractivity contribution in [2.45, 2.75) is 26.4 Å². The Morgan fingerprint density at radius 2 is 2.00 bits per heavy atom. The molecule has 112 valence electrons. The summed E-state index contributed by atoms with van der Waals surface area (Å²) in [6.07, 6.45) is 3.06. The molecular formula is C19H19NO2. The molecule has 0 aliphatic carbocycles. The maximum Gasteiger partial charge on any atom is 0.306 e. The van der Waals surface area contributed by atoms with Gasteiger partial charge in [-0.15, -0.1) is 0 Å². The lowest BCUT2D eigenvalue weighted by Crippen LogP contribution is -2.05. The molecule has 0 unspecified atom stereocenters. The van der Waals surface area contributed by atoms with E-state index in [1.54, 1.807) is 0 Å². The molecule has 0 saturated carbocycles. The van der Waals surface area contributed by atoms with E-state index < -0.39 is 0 Å². The van der Waals surface area contributed by atoms with Crippen LogP contribution in [0.3, 0.4) is 0 Å². The number of benzene rings is 2. The highest BCUT2D eigenvalue weighted by Gasteiger charge is 2.08. The number of nitrogens with one attached hydrogen (secondary N) is 1. The van der Waals surface area contributed by atoms with Crippen molar-refractivity contribution in [3.8, 4) is 0 Å². The third-order valence-corrected chi connectivity index (χ3v) is 3.76. The third-order valence-electron chi connectivity index (χ3n) is 3.76. The number of esters is 1. The summed E-state index contributed by atoms with van der Waals surface area (Å²) in [5.41, 5.74) is 4.46. The Morgan fingerprint density at radius 1 is 1.14 bits per heavy atom. The van der Waals surface area contributed by atoms with E-state index in [0.717, 1.165) is 16.6 Å². The molecule has 0 radical (unpaired) electrons. The molecular weight excluding hydrogens is 274 g/mol. The number of carbonyl (C=O) groups excluding carboxylic acids is 1. The lowest BCUT2D eigenvalue weighted by Gasteiger charge is -2.05. The van der Waals surface area contributed by atoms with E-state index in [2.05, 4.69) is 11.1 Å². The first-order valence-corrected chi connectivity index (χ1v) is 7.48. The Balaban J connectivity index is 1.54. The molecule has 0 saturated heterocycles. The van der Waals surface area contributed by atoms with Crippen molar-refractivity contribution in [1.29, 1.82) is 0 Å². The number of carbonyl (C=O) groups is 1. The van der Waals surface area contributed by atoms with Gasteiger partial charge in [-0.1, -0.05) is 48.0 Å². The van der Waals surface area contributed by atoms with Crippen molar-refractivity contribution in [3.63, 3.8) is 0 Å². The Kier molecular flexibility index (Phi) is 4.24. The minimum Gasteiger partial charge on any atom is -0.461 e. The van der Waals surface area contributed by atoms with Gasteiger partial charge in [0.25, 0.3) is 0 Å². The van der Waals surface area contributed by atoms with E-state index in [4.69, 9.17) is 4.74 Å². The van der Waals surface area contributed by atoms with Gasteiger partial charge in [-0.25, -0.2) is 0 Å². The van der Waals surface area contributed by atoms with Crippen LogP contribution in [0, 0.1) is 6.92 Å². The molecule has 0 bridgehead atoms. The second-order valence-corrected chi connectivity index (χ2v) is 5.51. The number of hydrogen-bond acceptors (Lipinski definition) is 2. The fourth-order valence-electron chi connectivity index (χ4n) is 2.61. The second kappa shape index (κ2) is 6.48. The number of para-hydroxylation sites is 1. The second-order valence-electron chi connectivity index (χ2n) is 5.51. The molecule has 1 heterocycles. The number of rotatable bonds is 5. The fourth-order valence-corrected chi connectivity index (χ4v) is 2.61. The van der Waals surface area contributed by atoms with E-state index >= 15 is 0 Å². The van der Waals surface area contributed by atoms with Crippen molar-refractivity contribution in [2.24, 2.45) is 0 Å². The normalized spacial score (nSPS) is 10.8. The van der Waals surface area contributed by atoms with Gasteiger partial charge in [0.05, 0.1) is 0 Å². The molecule has 1 N–H and O–H groups in total. The van der Waals surface area contributed by atoms with Gasteiger partial charge in [0, 0.05) is 23.5 Å². The van der Waals surface area contributed by atoms with E-state index in [-0.39, 0.29) is 5.97 Å². The van der Waals surface area contributed by atoms with Crippen LogP contribution in [-0.4, -0.2) is 11.0 Å². The SMILES string of the molecule is Cc1cccc(COC(=O)CCc2c[nH]c3ccccc23)c1. The largest absolute Gasteiger partial charge is 0.461 e. The zero-order valence-electron chi connectivity index (χ0n) is 12.6. The summed E-state index contributed by atoms with van der Waals surface area (Å²) in [5.74, 6) is -0.160. The van der Waals surface area contributed by atoms with Crippen LogP contribution >= 0.6 is 0 Å². The summed E-state index contributed by atoms with van der Waals surface area (Å²) in [5, 5.41) is 1.17. The predicted octanol–water partition coefficient (Wildman–Crippen LogP) is 4.15. The van der Waals surface area contributed by atoms with E-state index in [0.29, 0.717) is 19.4 Å². The van der Waals surface area contributed by atoms with Crippen LogP contribution in [0.2, 0.25) is 0 Å². The highest BCUT2D eigenvalue weighted by molar-refractivity contribution is 5.83. The summed E-state index contributed by atoms with van der Waals surface area (Å²) >= 11 is 0. The number of ether oxygens (including phenoxy) is 1. The third kappa shape index (κ3) is 3.37. The molecule has 0 atom stereocenters. The molecule has 0 aliphatic heterocycles. The molecule has 2 aromatic carbocycles. The first-order valence-electron chi connectivity index (χ1n) is 7.48. The Bertz CT molecular complexity index is 789. The minimum atomic E-state index is -0.160. The van der Waals surface area contributed by atoms with Gasteiger partial charge in [-0.05, 0) is 30.5 Å². The van der Waals surface area contributed by atoms with Crippen molar-refractivity contribution in [2.75, 3.05) is 0 Å². The Hall–Kier alpha value is -2.55. The fraction of sp³-hybridized carbons (Fsp3) is 0.211. The molecule has 0 amide bonds. The number of H-pyrrole nitrogens is 1. The zero-order valence-corrected chi connectivity index (χ0v) is 12.6. The van der Waals surface area contributed by atoms with Crippen LogP contribution < -0.4 is 0 Å². The maximum atomic E-state index is 11.9. The molecule has 0 fully saturated rings. The highest BCUT2D eigenvalue weighted by atomic mass is 16.5. The summed E-state index contributed by atoms with van der Waals surface area (Å²) < 4.78 is 5.34. The van der Waals surface area contributed by atoms with Crippen molar-refractivity contribution >= 4 is 16.9 Å². The minimum absolute atomic E-state index is 0.160. The van der Waals surface area contributed by atoms with Crippen LogP contribution in [-0.2, 0) is 22.6 Å². The van der Waals surface area contributed by atoms with Gasteiger partial charge in [0.15, 0.2) is 0 Å². The van der Waals surface area contributed by atoms with Gasteiger partial charge < -0.3 is 9.72 Å². The number of aromatic nitrogens is 1. The molecule has 22 heavy (non-hydrogen) atoms. The molecule has 1 aromatic heterocycles. The van der Waals surface area contributed by atoms with Gasteiger partial charge in [-0.3, -0.25) is 4.79 Å². The summed E-state index contributed by atoms with van der Waals surface area (Å²) in [4.78, 5) is 15.1. The quantitative estimate of drug-likeness (QED) is 0.718. The number of fused-ring (bicyclic) bond motifs is 1. The van der Waals surface area contributed by atoms with Crippen LogP contribution in [0.1, 0.15) is 23.1 Å². The topological polar surface area (TPSA) is 42.1 Å². The molecule has 3 nitrogen and oxygen atoms in total. The van der Waals surface area contributed by atoms with Crippen LogP contribution in [0.15, 0.2) is 54.7 Å². The average molecular weight is 293 g/mol. The predicted molar refractivity (Wildman–Crippen MR) is 87.6 cm³/mol. The van der Waals surface area contributed by atoms with Crippen LogP contribution in [0.5, 0.6) is 0 Å². The van der Waals surface area contributed by atoms with Gasteiger partial charge in [0.2, 0.25) is 0 Å². The molecule has 0 spiro atoms.